The second-order valence-electron chi connectivity index (χ2n) is 3.09. The van der Waals surface area contributed by atoms with E-state index in [0.717, 1.165) is 12.3 Å². The lowest BCUT2D eigenvalue weighted by atomic mass is 10.3. The van der Waals surface area contributed by atoms with Crippen molar-refractivity contribution in [3.05, 3.63) is 35.9 Å². The number of hydrogen-bond donors (Lipinski definition) is 2. The first-order chi connectivity index (χ1) is 7.34. The molecule has 0 aromatic carbocycles. The van der Waals surface area contributed by atoms with Crippen LogP contribution in [-0.4, -0.2) is 16.0 Å². The van der Waals surface area contributed by atoms with E-state index in [1.165, 1.54) is 10.9 Å². The quantitative estimate of drug-likeness (QED) is 0.756. The van der Waals surface area contributed by atoms with E-state index in [0.29, 0.717) is 5.69 Å². The first kappa shape index (κ1) is 12.2. The molecule has 0 amide bonds. The molecule has 4 N–H and O–H groups in total. The lowest BCUT2D eigenvalue weighted by molar-refractivity contribution is -0.0926. The Bertz CT molecular complexity index is 428. The maximum Gasteiger partial charge on any atom is 0.430 e. The molecule has 1 heterocycles. The first-order valence-corrected chi connectivity index (χ1v) is 4.33. The minimum atomic E-state index is -4.57. The molecule has 1 aromatic rings. The van der Waals surface area contributed by atoms with Crippen LogP contribution in [-0.2, 0) is 0 Å². The molecule has 0 spiro atoms. The summed E-state index contributed by atoms with van der Waals surface area (Å²) >= 11 is 0. The fourth-order valence-electron chi connectivity index (χ4n) is 0.991. The number of aromatic nitrogens is 2. The molecule has 16 heavy (non-hydrogen) atoms. The molecule has 1 rings (SSSR count). The van der Waals surface area contributed by atoms with Gasteiger partial charge in [0.05, 0.1) is 11.4 Å². The number of nitrogens with zero attached hydrogens (tertiary/aromatic N) is 2. The van der Waals surface area contributed by atoms with Gasteiger partial charge in [0.15, 0.2) is 0 Å². The van der Waals surface area contributed by atoms with E-state index in [1.807, 2.05) is 0 Å². The number of halogens is 3. The molecule has 1 aromatic heterocycles. The second-order valence-corrected chi connectivity index (χ2v) is 3.09. The van der Waals surface area contributed by atoms with Gasteiger partial charge in [0, 0.05) is 12.4 Å². The lowest BCUT2D eigenvalue weighted by Gasteiger charge is -2.07. The maximum absolute atomic E-state index is 12.2. The Hall–Kier alpha value is -1.92. The number of aryl methyl sites for hydroxylation is 1. The zero-order valence-corrected chi connectivity index (χ0v) is 8.49. The van der Waals surface area contributed by atoms with E-state index in [4.69, 9.17) is 11.5 Å². The molecule has 0 bridgehead atoms. The van der Waals surface area contributed by atoms with Gasteiger partial charge in [-0.1, -0.05) is 0 Å². The summed E-state index contributed by atoms with van der Waals surface area (Å²) in [4.78, 5) is 0. The van der Waals surface area contributed by atoms with Gasteiger partial charge in [-0.15, -0.1) is 0 Å². The SMILES string of the molecule is Cc1ccn(C(/C=C(\N)C(F)(F)F)=C/N)n1. The van der Waals surface area contributed by atoms with Gasteiger partial charge in [0.25, 0.3) is 0 Å². The minimum Gasteiger partial charge on any atom is -0.403 e. The van der Waals surface area contributed by atoms with Gasteiger partial charge in [0.1, 0.15) is 5.70 Å². The summed E-state index contributed by atoms with van der Waals surface area (Å²) < 4.78 is 37.7. The minimum absolute atomic E-state index is 0.0583. The first-order valence-electron chi connectivity index (χ1n) is 4.33. The van der Waals surface area contributed by atoms with E-state index in [9.17, 15) is 13.2 Å². The van der Waals surface area contributed by atoms with Crippen molar-refractivity contribution in [2.24, 2.45) is 11.5 Å². The smallest absolute Gasteiger partial charge is 0.403 e. The zero-order valence-electron chi connectivity index (χ0n) is 8.49. The summed E-state index contributed by atoms with van der Waals surface area (Å²) in [6.45, 7) is 1.71. The van der Waals surface area contributed by atoms with Crippen molar-refractivity contribution in [1.29, 1.82) is 0 Å². The van der Waals surface area contributed by atoms with Crippen LogP contribution in [0.5, 0.6) is 0 Å². The normalized spacial score (nSPS) is 14.2. The standard InChI is InChI=1S/C9H11F3N4/c1-6-2-3-16(15-6)7(5-13)4-8(14)9(10,11)12/h2-5H,13-14H2,1H3/b7-5+,8-4-. The average Bonchev–Trinajstić information content (AvgIpc) is 2.59. The molecule has 7 heteroatoms. The molecular formula is C9H11F3N4. The van der Waals surface area contributed by atoms with E-state index in [-0.39, 0.29) is 5.70 Å². The molecule has 0 atom stereocenters. The predicted octanol–water partition coefficient (Wildman–Crippen LogP) is 1.35. The van der Waals surface area contributed by atoms with Crippen LogP contribution in [0.25, 0.3) is 5.70 Å². The van der Waals surface area contributed by atoms with Gasteiger partial charge in [-0.3, -0.25) is 0 Å². The number of nitrogens with two attached hydrogens (primary N) is 2. The number of rotatable bonds is 2. The van der Waals surface area contributed by atoms with E-state index < -0.39 is 11.9 Å². The molecule has 0 saturated heterocycles. The van der Waals surface area contributed by atoms with Crippen LogP contribution in [0, 0.1) is 6.92 Å². The Morgan fingerprint density at radius 2 is 2.12 bits per heavy atom. The molecular weight excluding hydrogens is 221 g/mol. The number of alkyl halides is 3. The van der Waals surface area contributed by atoms with Crippen LogP contribution >= 0.6 is 0 Å². The van der Waals surface area contributed by atoms with Gasteiger partial charge in [-0.25, -0.2) is 4.68 Å². The summed E-state index contributed by atoms with van der Waals surface area (Å²) in [5.41, 5.74) is 9.58. The average molecular weight is 232 g/mol. The molecule has 0 aliphatic rings. The summed E-state index contributed by atoms with van der Waals surface area (Å²) in [6, 6.07) is 1.64. The van der Waals surface area contributed by atoms with Crippen molar-refractivity contribution in [3.8, 4) is 0 Å². The van der Waals surface area contributed by atoms with Crippen LogP contribution in [0.1, 0.15) is 5.69 Å². The van der Waals surface area contributed by atoms with E-state index in [2.05, 4.69) is 5.10 Å². The van der Waals surface area contributed by atoms with Gasteiger partial charge < -0.3 is 11.5 Å². The number of allylic oxidation sites excluding steroid dienone is 3. The van der Waals surface area contributed by atoms with Gasteiger partial charge in [0.2, 0.25) is 0 Å². The Kier molecular flexibility index (Phi) is 3.26. The van der Waals surface area contributed by atoms with E-state index in [1.54, 1.807) is 13.0 Å². The van der Waals surface area contributed by atoms with E-state index >= 15 is 0 Å². The van der Waals surface area contributed by atoms with Gasteiger partial charge >= 0.3 is 6.18 Å². The molecule has 0 fully saturated rings. The highest BCUT2D eigenvalue weighted by atomic mass is 19.4. The van der Waals surface area contributed by atoms with Crippen LogP contribution in [0.15, 0.2) is 30.2 Å². The predicted molar refractivity (Wildman–Crippen MR) is 53.7 cm³/mol. The second kappa shape index (κ2) is 4.30. The van der Waals surface area contributed by atoms with Crippen molar-refractivity contribution >= 4 is 5.70 Å². The molecule has 88 valence electrons. The number of hydrogen-bond acceptors (Lipinski definition) is 3. The third-order valence-electron chi connectivity index (χ3n) is 1.79. The highest BCUT2D eigenvalue weighted by Gasteiger charge is 2.31. The summed E-state index contributed by atoms with van der Waals surface area (Å²) in [5.74, 6) is 0. The third-order valence-corrected chi connectivity index (χ3v) is 1.79. The fraction of sp³-hybridized carbons (Fsp3) is 0.222. The van der Waals surface area contributed by atoms with Crippen molar-refractivity contribution in [2.45, 2.75) is 13.1 Å². The van der Waals surface area contributed by atoms with Crippen LogP contribution in [0.2, 0.25) is 0 Å². The highest BCUT2D eigenvalue weighted by Crippen LogP contribution is 2.23. The molecule has 0 aliphatic heterocycles. The maximum atomic E-state index is 12.2. The fourth-order valence-corrected chi connectivity index (χ4v) is 0.991. The molecule has 0 radical (unpaired) electrons. The van der Waals surface area contributed by atoms with Crippen LogP contribution in [0.3, 0.4) is 0 Å². The third kappa shape index (κ3) is 2.78. The van der Waals surface area contributed by atoms with Gasteiger partial charge in [-0.05, 0) is 19.1 Å². The summed E-state index contributed by atoms with van der Waals surface area (Å²) in [5, 5.41) is 3.92. The van der Waals surface area contributed by atoms with Crippen molar-refractivity contribution in [2.75, 3.05) is 0 Å². The summed E-state index contributed by atoms with van der Waals surface area (Å²) in [7, 11) is 0. The summed E-state index contributed by atoms with van der Waals surface area (Å²) in [6.07, 6.45) is -1.35. The largest absolute Gasteiger partial charge is 0.430 e. The Labute approximate surface area is 90.0 Å². The van der Waals surface area contributed by atoms with Crippen LogP contribution in [0.4, 0.5) is 13.2 Å². The zero-order chi connectivity index (χ0) is 12.3. The Morgan fingerprint density at radius 1 is 1.50 bits per heavy atom. The molecule has 0 saturated carbocycles. The Morgan fingerprint density at radius 3 is 2.50 bits per heavy atom. The molecule has 4 nitrogen and oxygen atoms in total. The Balaban J connectivity index is 3.03. The van der Waals surface area contributed by atoms with Crippen LogP contribution < -0.4 is 11.5 Å². The van der Waals surface area contributed by atoms with Crippen molar-refractivity contribution in [3.63, 3.8) is 0 Å². The lowest BCUT2D eigenvalue weighted by Crippen LogP contribution is -2.20. The van der Waals surface area contributed by atoms with Crippen molar-refractivity contribution < 1.29 is 13.2 Å². The topological polar surface area (TPSA) is 69.9 Å². The highest BCUT2D eigenvalue weighted by molar-refractivity contribution is 5.57. The molecule has 0 unspecified atom stereocenters. The monoisotopic (exact) mass is 232 g/mol. The van der Waals surface area contributed by atoms with Gasteiger partial charge in [-0.2, -0.15) is 18.3 Å². The van der Waals surface area contributed by atoms with Crippen molar-refractivity contribution in [1.82, 2.24) is 9.78 Å². The molecule has 0 aliphatic carbocycles.